The molecule has 0 amide bonds. The normalized spacial score (nSPS) is 11.9. The topological polar surface area (TPSA) is 9.23 Å². The summed E-state index contributed by atoms with van der Waals surface area (Å²) in [6.45, 7) is 10.3. The van der Waals surface area contributed by atoms with Gasteiger partial charge in [0.1, 0.15) is 11.4 Å². The largest absolute Gasteiger partial charge is 0.488 e. The average molecular weight is 227 g/mol. The standard InChI is InChI=1S/C13H19ClO/c1-9(2)11-7-6-10(8-12(11)14)15-13(3,4)5/h6-9H,1-5H3. The molecule has 2 heteroatoms. The van der Waals surface area contributed by atoms with Crippen LogP contribution in [-0.4, -0.2) is 5.60 Å². The zero-order valence-electron chi connectivity index (χ0n) is 10.1. The van der Waals surface area contributed by atoms with Crippen LogP contribution >= 0.6 is 11.6 Å². The number of ether oxygens (including phenoxy) is 1. The molecule has 0 unspecified atom stereocenters. The van der Waals surface area contributed by atoms with E-state index in [-0.39, 0.29) is 5.60 Å². The Hall–Kier alpha value is -0.690. The fraction of sp³-hybridized carbons (Fsp3) is 0.538. The molecule has 0 atom stereocenters. The third-order valence-electron chi connectivity index (χ3n) is 2.02. The van der Waals surface area contributed by atoms with Crippen LogP contribution < -0.4 is 4.74 Å². The first-order valence-corrected chi connectivity index (χ1v) is 5.66. The van der Waals surface area contributed by atoms with Gasteiger partial charge < -0.3 is 4.74 Å². The van der Waals surface area contributed by atoms with Gasteiger partial charge in [-0.1, -0.05) is 31.5 Å². The lowest BCUT2D eigenvalue weighted by atomic mass is 10.0. The van der Waals surface area contributed by atoms with Gasteiger partial charge in [-0.2, -0.15) is 0 Å². The van der Waals surface area contributed by atoms with Gasteiger partial charge in [0.2, 0.25) is 0 Å². The van der Waals surface area contributed by atoms with Gasteiger partial charge in [0.15, 0.2) is 0 Å². The Morgan fingerprint density at radius 2 is 1.80 bits per heavy atom. The fourth-order valence-electron chi connectivity index (χ4n) is 1.39. The van der Waals surface area contributed by atoms with E-state index in [0.717, 1.165) is 16.3 Å². The van der Waals surface area contributed by atoms with Crippen LogP contribution in [0.25, 0.3) is 0 Å². The lowest BCUT2D eigenvalue weighted by Gasteiger charge is -2.22. The minimum Gasteiger partial charge on any atom is -0.488 e. The summed E-state index contributed by atoms with van der Waals surface area (Å²) in [6.07, 6.45) is 0. The Bertz CT molecular complexity index is 337. The summed E-state index contributed by atoms with van der Waals surface area (Å²) in [4.78, 5) is 0. The molecule has 1 rings (SSSR count). The van der Waals surface area contributed by atoms with E-state index in [1.165, 1.54) is 0 Å². The molecule has 0 N–H and O–H groups in total. The van der Waals surface area contributed by atoms with Crippen molar-refractivity contribution in [2.75, 3.05) is 0 Å². The van der Waals surface area contributed by atoms with Crippen molar-refractivity contribution in [1.82, 2.24) is 0 Å². The van der Waals surface area contributed by atoms with Crippen molar-refractivity contribution in [3.8, 4) is 5.75 Å². The molecular formula is C13H19ClO. The van der Waals surface area contributed by atoms with E-state index >= 15 is 0 Å². The Balaban J connectivity index is 2.92. The zero-order valence-corrected chi connectivity index (χ0v) is 10.9. The molecule has 0 aliphatic heterocycles. The van der Waals surface area contributed by atoms with Crippen LogP contribution in [0.3, 0.4) is 0 Å². The number of hydrogen-bond acceptors (Lipinski definition) is 1. The van der Waals surface area contributed by atoms with Crippen molar-refractivity contribution in [1.29, 1.82) is 0 Å². The molecule has 15 heavy (non-hydrogen) atoms. The number of benzene rings is 1. The van der Waals surface area contributed by atoms with Crippen LogP contribution in [0.1, 0.15) is 46.1 Å². The first-order valence-electron chi connectivity index (χ1n) is 5.28. The monoisotopic (exact) mass is 226 g/mol. The zero-order chi connectivity index (χ0) is 11.6. The predicted octanol–water partition coefficient (Wildman–Crippen LogP) is 4.64. The first-order chi connectivity index (χ1) is 6.79. The Morgan fingerprint density at radius 1 is 1.20 bits per heavy atom. The number of rotatable bonds is 2. The van der Waals surface area contributed by atoms with Crippen LogP contribution in [0.5, 0.6) is 5.75 Å². The summed E-state index contributed by atoms with van der Waals surface area (Å²) in [5.41, 5.74) is 0.987. The molecule has 0 heterocycles. The summed E-state index contributed by atoms with van der Waals surface area (Å²) >= 11 is 6.17. The van der Waals surface area contributed by atoms with E-state index in [1.54, 1.807) is 0 Å². The van der Waals surface area contributed by atoms with Gasteiger partial charge in [0, 0.05) is 5.02 Å². The van der Waals surface area contributed by atoms with Gasteiger partial charge >= 0.3 is 0 Å². The van der Waals surface area contributed by atoms with E-state index in [2.05, 4.69) is 13.8 Å². The maximum absolute atomic E-state index is 6.17. The van der Waals surface area contributed by atoms with E-state index in [9.17, 15) is 0 Å². The lowest BCUT2D eigenvalue weighted by molar-refractivity contribution is 0.131. The highest BCUT2D eigenvalue weighted by Gasteiger charge is 2.13. The van der Waals surface area contributed by atoms with Crippen LogP contribution in [-0.2, 0) is 0 Å². The third kappa shape index (κ3) is 3.75. The lowest BCUT2D eigenvalue weighted by Crippen LogP contribution is -2.22. The van der Waals surface area contributed by atoms with E-state index in [4.69, 9.17) is 16.3 Å². The molecule has 0 spiro atoms. The van der Waals surface area contributed by atoms with Crippen molar-refractivity contribution < 1.29 is 4.74 Å². The Morgan fingerprint density at radius 3 is 2.20 bits per heavy atom. The molecule has 0 aliphatic rings. The molecule has 1 aromatic carbocycles. The quantitative estimate of drug-likeness (QED) is 0.714. The summed E-state index contributed by atoms with van der Waals surface area (Å²) in [7, 11) is 0. The molecule has 1 nitrogen and oxygen atoms in total. The van der Waals surface area contributed by atoms with Gasteiger partial charge in [-0.25, -0.2) is 0 Å². The molecule has 0 saturated heterocycles. The maximum atomic E-state index is 6.17. The van der Waals surface area contributed by atoms with Gasteiger partial charge in [0.25, 0.3) is 0 Å². The maximum Gasteiger partial charge on any atom is 0.121 e. The average Bonchev–Trinajstić information content (AvgIpc) is 1.99. The molecule has 0 aromatic heterocycles. The summed E-state index contributed by atoms with van der Waals surface area (Å²) in [5.74, 6) is 1.28. The highest BCUT2D eigenvalue weighted by atomic mass is 35.5. The molecule has 0 radical (unpaired) electrons. The van der Waals surface area contributed by atoms with E-state index < -0.39 is 0 Å². The van der Waals surface area contributed by atoms with E-state index in [0.29, 0.717) is 5.92 Å². The highest BCUT2D eigenvalue weighted by Crippen LogP contribution is 2.29. The highest BCUT2D eigenvalue weighted by molar-refractivity contribution is 6.31. The summed E-state index contributed by atoms with van der Waals surface area (Å²) in [6, 6.07) is 5.91. The summed E-state index contributed by atoms with van der Waals surface area (Å²) in [5, 5.41) is 0.784. The van der Waals surface area contributed by atoms with Crippen molar-refractivity contribution in [2.45, 2.75) is 46.1 Å². The molecule has 0 aliphatic carbocycles. The van der Waals surface area contributed by atoms with E-state index in [1.807, 2.05) is 39.0 Å². The smallest absolute Gasteiger partial charge is 0.121 e. The van der Waals surface area contributed by atoms with Crippen molar-refractivity contribution in [3.63, 3.8) is 0 Å². The van der Waals surface area contributed by atoms with Crippen LogP contribution in [0.15, 0.2) is 18.2 Å². The van der Waals surface area contributed by atoms with Gasteiger partial charge in [-0.15, -0.1) is 0 Å². The van der Waals surface area contributed by atoms with Crippen LogP contribution in [0, 0.1) is 0 Å². The predicted molar refractivity (Wildman–Crippen MR) is 65.9 cm³/mol. The molecular weight excluding hydrogens is 208 g/mol. The van der Waals surface area contributed by atoms with Gasteiger partial charge in [-0.05, 0) is 44.4 Å². The minimum atomic E-state index is -0.178. The second-order valence-electron chi connectivity index (χ2n) is 5.05. The van der Waals surface area contributed by atoms with Gasteiger partial charge in [0.05, 0.1) is 0 Å². The molecule has 1 aromatic rings. The Labute approximate surface area is 97.4 Å². The molecule has 0 fully saturated rings. The third-order valence-corrected chi connectivity index (χ3v) is 2.35. The van der Waals surface area contributed by atoms with Crippen LogP contribution in [0.4, 0.5) is 0 Å². The van der Waals surface area contributed by atoms with Crippen molar-refractivity contribution in [2.24, 2.45) is 0 Å². The molecule has 84 valence electrons. The first kappa shape index (κ1) is 12.4. The fourth-order valence-corrected chi connectivity index (χ4v) is 1.78. The number of hydrogen-bond donors (Lipinski definition) is 0. The second-order valence-corrected chi connectivity index (χ2v) is 5.46. The molecule has 0 saturated carbocycles. The summed E-state index contributed by atoms with van der Waals surface area (Å²) < 4.78 is 5.73. The van der Waals surface area contributed by atoms with Gasteiger partial charge in [-0.3, -0.25) is 0 Å². The van der Waals surface area contributed by atoms with Crippen LogP contribution in [0.2, 0.25) is 5.02 Å². The molecule has 0 bridgehead atoms. The Kier molecular flexibility index (Phi) is 3.67. The minimum absolute atomic E-state index is 0.178. The SMILES string of the molecule is CC(C)c1ccc(OC(C)(C)C)cc1Cl. The van der Waals surface area contributed by atoms with Crippen molar-refractivity contribution in [3.05, 3.63) is 28.8 Å². The second kappa shape index (κ2) is 4.44. The van der Waals surface area contributed by atoms with Crippen molar-refractivity contribution >= 4 is 11.6 Å². The number of halogens is 1.